The van der Waals surface area contributed by atoms with Crippen LogP contribution >= 0.6 is 11.3 Å². The van der Waals surface area contributed by atoms with E-state index < -0.39 is 5.54 Å². The average Bonchev–Trinajstić information content (AvgIpc) is 3.07. The molecule has 1 N–H and O–H groups in total. The number of carbonyl (C=O) groups is 1. The summed E-state index contributed by atoms with van der Waals surface area (Å²) in [5.41, 5.74) is -0.511. The van der Waals surface area contributed by atoms with E-state index in [1.54, 1.807) is 18.4 Å². The Hall–Kier alpha value is -0.910. The highest BCUT2D eigenvalue weighted by Crippen LogP contribution is 2.34. The van der Waals surface area contributed by atoms with E-state index >= 15 is 0 Å². The number of hydrogen-bond acceptors (Lipinski definition) is 4. The van der Waals surface area contributed by atoms with Crippen molar-refractivity contribution >= 4 is 17.2 Å². The first kappa shape index (κ1) is 15.5. The van der Waals surface area contributed by atoms with E-state index in [1.165, 1.54) is 9.75 Å². The summed E-state index contributed by atoms with van der Waals surface area (Å²) in [6.07, 6.45) is 2.56. The van der Waals surface area contributed by atoms with Crippen molar-refractivity contribution in [2.24, 2.45) is 0 Å². The van der Waals surface area contributed by atoms with Gasteiger partial charge in [0.25, 0.3) is 0 Å². The summed E-state index contributed by atoms with van der Waals surface area (Å²) < 4.78 is 5.71. The van der Waals surface area contributed by atoms with Crippen molar-refractivity contribution in [3.05, 3.63) is 21.9 Å². The molecule has 1 fully saturated rings. The van der Waals surface area contributed by atoms with Crippen molar-refractivity contribution in [1.82, 2.24) is 10.2 Å². The summed E-state index contributed by atoms with van der Waals surface area (Å²) >= 11 is 1.80. The summed E-state index contributed by atoms with van der Waals surface area (Å²) in [6, 6.07) is 4.31. The van der Waals surface area contributed by atoms with Gasteiger partial charge in [0.2, 0.25) is 5.91 Å². The second-order valence-corrected chi connectivity index (χ2v) is 7.00. The number of likely N-dealkylation sites (N-methyl/N-ethyl adjacent to an activating group) is 2. The molecule has 1 aliphatic rings. The van der Waals surface area contributed by atoms with Gasteiger partial charge < -0.3 is 10.1 Å². The Labute approximate surface area is 125 Å². The number of thiophene rings is 1. The molecule has 20 heavy (non-hydrogen) atoms. The summed E-state index contributed by atoms with van der Waals surface area (Å²) in [4.78, 5) is 16.6. The third-order valence-electron chi connectivity index (χ3n) is 4.06. The Morgan fingerprint density at radius 2 is 2.30 bits per heavy atom. The lowest BCUT2D eigenvalue weighted by molar-refractivity contribution is -0.130. The number of ether oxygens (including phenoxy) is 1. The van der Waals surface area contributed by atoms with Crippen molar-refractivity contribution in [1.29, 1.82) is 0 Å². The lowest BCUT2D eigenvalue weighted by Crippen LogP contribution is -2.52. The van der Waals surface area contributed by atoms with Gasteiger partial charge in [-0.25, -0.2) is 0 Å². The summed E-state index contributed by atoms with van der Waals surface area (Å²) in [5, 5.41) is 2.72. The van der Waals surface area contributed by atoms with Crippen LogP contribution in [0.15, 0.2) is 12.1 Å². The monoisotopic (exact) mass is 296 g/mol. The zero-order valence-electron chi connectivity index (χ0n) is 12.7. The molecule has 1 aromatic heterocycles. The van der Waals surface area contributed by atoms with Crippen LogP contribution < -0.4 is 5.32 Å². The van der Waals surface area contributed by atoms with E-state index in [4.69, 9.17) is 4.74 Å². The standard InChI is InChI=1S/C15H24N2O2S/c1-15(2,14(18)16-3)17(4)10-11-7-8-13(20-11)12-6-5-9-19-12/h7-8,12H,5-6,9-10H2,1-4H3,(H,16,18). The largest absolute Gasteiger partial charge is 0.373 e. The van der Waals surface area contributed by atoms with Crippen molar-refractivity contribution < 1.29 is 9.53 Å². The molecule has 1 atom stereocenters. The number of carbonyl (C=O) groups excluding carboxylic acids is 1. The van der Waals surface area contributed by atoms with Crippen molar-refractivity contribution in [2.45, 2.75) is 44.9 Å². The lowest BCUT2D eigenvalue weighted by atomic mass is 10.0. The number of hydrogen-bond donors (Lipinski definition) is 1. The predicted molar refractivity (Wildman–Crippen MR) is 81.9 cm³/mol. The molecule has 0 aliphatic carbocycles. The molecule has 0 bridgehead atoms. The van der Waals surface area contributed by atoms with Gasteiger partial charge in [-0.2, -0.15) is 0 Å². The van der Waals surface area contributed by atoms with E-state index in [2.05, 4.69) is 22.3 Å². The van der Waals surface area contributed by atoms with Gasteiger partial charge >= 0.3 is 0 Å². The van der Waals surface area contributed by atoms with E-state index in [0.29, 0.717) is 0 Å². The van der Waals surface area contributed by atoms with Gasteiger partial charge in [-0.15, -0.1) is 11.3 Å². The summed E-state index contributed by atoms with van der Waals surface area (Å²) in [5.74, 6) is 0.0379. The van der Waals surface area contributed by atoms with Crippen LogP contribution in [0.5, 0.6) is 0 Å². The normalized spacial score (nSPS) is 19.6. The minimum absolute atomic E-state index is 0.0379. The Morgan fingerprint density at radius 1 is 1.55 bits per heavy atom. The average molecular weight is 296 g/mol. The molecular weight excluding hydrogens is 272 g/mol. The van der Waals surface area contributed by atoms with Crippen LogP contribution in [0.4, 0.5) is 0 Å². The fraction of sp³-hybridized carbons (Fsp3) is 0.667. The third kappa shape index (κ3) is 3.22. The maximum Gasteiger partial charge on any atom is 0.239 e. The van der Waals surface area contributed by atoms with E-state index in [0.717, 1.165) is 26.0 Å². The molecule has 112 valence electrons. The molecule has 1 saturated heterocycles. The maximum absolute atomic E-state index is 11.9. The molecule has 0 saturated carbocycles. The number of rotatable bonds is 5. The molecule has 1 aromatic rings. The highest BCUT2D eigenvalue weighted by atomic mass is 32.1. The highest BCUT2D eigenvalue weighted by molar-refractivity contribution is 7.12. The molecule has 2 rings (SSSR count). The van der Waals surface area contributed by atoms with E-state index in [9.17, 15) is 4.79 Å². The number of amides is 1. The van der Waals surface area contributed by atoms with Crippen molar-refractivity contribution in [2.75, 3.05) is 20.7 Å². The fourth-order valence-corrected chi connectivity index (χ4v) is 3.52. The molecule has 4 nitrogen and oxygen atoms in total. The molecular formula is C15H24N2O2S. The second kappa shape index (κ2) is 6.24. The molecule has 1 aliphatic heterocycles. The quantitative estimate of drug-likeness (QED) is 0.908. The number of nitrogens with one attached hydrogen (secondary N) is 1. The van der Waals surface area contributed by atoms with Gasteiger partial charge in [0.05, 0.1) is 11.6 Å². The molecule has 1 amide bonds. The highest BCUT2D eigenvalue weighted by Gasteiger charge is 2.31. The zero-order valence-corrected chi connectivity index (χ0v) is 13.5. The topological polar surface area (TPSA) is 41.6 Å². The smallest absolute Gasteiger partial charge is 0.239 e. The molecule has 2 heterocycles. The van der Waals surface area contributed by atoms with Gasteiger partial charge in [0.15, 0.2) is 0 Å². The van der Waals surface area contributed by atoms with Crippen LogP contribution in [0.25, 0.3) is 0 Å². The molecule has 5 heteroatoms. The first-order valence-electron chi connectivity index (χ1n) is 7.08. The van der Waals surface area contributed by atoms with Crippen molar-refractivity contribution in [3.63, 3.8) is 0 Å². The first-order chi connectivity index (χ1) is 9.45. The molecule has 1 unspecified atom stereocenters. The van der Waals surface area contributed by atoms with Crippen LogP contribution in [0, 0.1) is 0 Å². The molecule has 0 radical (unpaired) electrons. The lowest BCUT2D eigenvalue weighted by Gasteiger charge is -2.33. The fourth-order valence-electron chi connectivity index (χ4n) is 2.37. The van der Waals surface area contributed by atoms with Crippen LogP contribution in [-0.4, -0.2) is 37.0 Å². The van der Waals surface area contributed by atoms with Crippen molar-refractivity contribution in [3.8, 4) is 0 Å². The van der Waals surface area contributed by atoms with Gasteiger partial charge in [-0.05, 0) is 45.9 Å². The van der Waals surface area contributed by atoms with Crippen LogP contribution in [0.2, 0.25) is 0 Å². The predicted octanol–water partition coefficient (Wildman–Crippen LogP) is 2.56. The van der Waals surface area contributed by atoms with E-state index in [1.807, 2.05) is 20.9 Å². The summed E-state index contributed by atoms with van der Waals surface area (Å²) in [7, 11) is 3.67. The third-order valence-corrected chi connectivity index (χ3v) is 5.22. The zero-order chi connectivity index (χ0) is 14.8. The Morgan fingerprint density at radius 3 is 2.90 bits per heavy atom. The minimum Gasteiger partial charge on any atom is -0.373 e. The Bertz CT molecular complexity index is 464. The van der Waals surface area contributed by atoms with Gasteiger partial charge in [0, 0.05) is 30.0 Å². The van der Waals surface area contributed by atoms with Gasteiger partial charge in [-0.1, -0.05) is 0 Å². The Balaban J connectivity index is 2.01. The molecule has 0 spiro atoms. The van der Waals surface area contributed by atoms with E-state index in [-0.39, 0.29) is 12.0 Å². The van der Waals surface area contributed by atoms with Crippen LogP contribution in [0.1, 0.15) is 42.5 Å². The maximum atomic E-state index is 11.9. The number of nitrogens with zero attached hydrogens (tertiary/aromatic N) is 1. The van der Waals surface area contributed by atoms with Crippen LogP contribution in [-0.2, 0) is 16.1 Å². The Kier molecular flexibility index (Phi) is 4.83. The summed E-state index contributed by atoms with van der Waals surface area (Å²) in [6.45, 7) is 5.54. The SMILES string of the molecule is CNC(=O)C(C)(C)N(C)Cc1ccc(C2CCCO2)s1. The molecule has 0 aromatic carbocycles. The van der Waals surface area contributed by atoms with Gasteiger partial charge in [0.1, 0.15) is 0 Å². The second-order valence-electron chi connectivity index (χ2n) is 5.80. The van der Waals surface area contributed by atoms with Gasteiger partial charge in [-0.3, -0.25) is 9.69 Å². The van der Waals surface area contributed by atoms with Crippen LogP contribution in [0.3, 0.4) is 0 Å². The minimum atomic E-state index is -0.511. The first-order valence-corrected chi connectivity index (χ1v) is 7.90.